The highest BCUT2D eigenvalue weighted by Gasteiger charge is 2.17. The van der Waals surface area contributed by atoms with Crippen molar-refractivity contribution in [3.05, 3.63) is 63.9 Å². The second kappa shape index (κ2) is 5.63. The van der Waals surface area contributed by atoms with E-state index in [1.807, 2.05) is 0 Å². The molecule has 2 aromatic carbocycles. The molecule has 0 aliphatic rings. The van der Waals surface area contributed by atoms with E-state index in [9.17, 15) is 12.8 Å². The predicted molar refractivity (Wildman–Crippen MR) is 79.7 cm³/mol. The van der Waals surface area contributed by atoms with Crippen LogP contribution in [0.25, 0.3) is 0 Å². The van der Waals surface area contributed by atoms with Crippen molar-refractivity contribution >= 4 is 25.8 Å². The van der Waals surface area contributed by atoms with Crippen molar-refractivity contribution in [3.63, 3.8) is 0 Å². The van der Waals surface area contributed by atoms with Crippen LogP contribution in [0.2, 0.25) is 0 Å². The Kier molecular flexibility index (Phi) is 4.27. The van der Waals surface area contributed by atoms with Crippen LogP contribution in [-0.4, -0.2) is 14.7 Å². The Labute approximate surface area is 125 Å². The van der Waals surface area contributed by atoms with Gasteiger partial charge in [0.1, 0.15) is 5.82 Å². The van der Waals surface area contributed by atoms with Gasteiger partial charge in [-0.1, -0.05) is 24.3 Å². The van der Waals surface area contributed by atoms with Crippen LogP contribution in [0, 0.1) is 5.82 Å². The van der Waals surface area contributed by atoms with Crippen molar-refractivity contribution < 1.29 is 12.8 Å². The highest BCUT2D eigenvalue weighted by atomic mass is 79.9. The van der Waals surface area contributed by atoms with Gasteiger partial charge in [0.05, 0.1) is 15.4 Å². The summed E-state index contributed by atoms with van der Waals surface area (Å²) in [6.07, 6.45) is 1.12. The van der Waals surface area contributed by atoms with Crippen LogP contribution in [0.1, 0.15) is 17.2 Å². The Bertz CT molecular complexity index is 747. The Morgan fingerprint density at radius 1 is 1.20 bits per heavy atom. The maximum Gasteiger partial charge on any atom is 0.175 e. The smallest absolute Gasteiger partial charge is 0.175 e. The first kappa shape index (κ1) is 15.2. The molecular formula is C14H13BrFNO2S. The molecule has 3 nitrogen and oxygen atoms in total. The summed E-state index contributed by atoms with van der Waals surface area (Å²) < 4.78 is 37.4. The summed E-state index contributed by atoms with van der Waals surface area (Å²) in [6, 6.07) is 10.4. The second-order valence-corrected chi connectivity index (χ2v) is 7.34. The van der Waals surface area contributed by atoms with Crippen LogP contribution >= 0.6 is 15.9 Å². The molecule has 0 heterocycles. The maximum absolute atomic E-state index is 14.0. The number of rotatable bonds is 3. The second-order valence-electron chi connectivity index (χ2n) is 4.47. The lowest BCUT2D eigenvalue weighted by atomic mass is 9.99. The SMILES string of the molecule is CS(=O)(=O)c1cccc(C(N)c2cccc(Br)c2F)c1. The van der Waals surface area contributed by atoms with Crippen molar-refractivity contribution in [2.45, 2.75) is 10.9 Å². The molecule has 20 heavy (non-hydrogen) atoms. The van der Waals surface area contributed by atoms with Gasteiger partial charge in [-0.15, -0.1) is 0 Å². The van der Waals surface area contributed by atoms with Crippen LogP contribution in [0.3, 0.4) is 0 Å². The van der Waals surface area contributed by atoms with E-state index in [2.05, 4.69) is 15.9 Å². The van der Waals surface area contributed by atoms with E-state index in [-0.39, 0.29) is 4.90 Å². The van der Waals surface area contributed by atoms with E-state index < -0.39 is 21.7 Å². The third-order valence-electron chi connectivity index (χ3n) is 2.96. The molecule has 0 aromatic heterocycles. The number of hydrogen-bond acceptors (Lipinski definition) is 3. The molecule has 0 bridgehead atoms. The molecule has 0 saturated carbocycles. The van der Waals surface area contributed by atoms with E-state index in [0.717, 1.165) is 6.26 Å². The minimum atomic E-state index is -3.32. The first-order chi connectivity index (χ1) is 9.30. The minimum absolute atomic E-state index is 0.167. The predicted octanol–water partition coefficient (Wildman–Crippen LogP) is 3.04. The molecule has 0 aliphatic heterocycles. The first-order valence-corrected chi connectivity index (χ1v) is 8.48. The number of benzene rings is 2. The van der Waals surface area contributed by atoms with Crippen molar-refractivity contribution in [3.8, 4) is 0 Å². The molecule has 106 valence electrons. The number of halogens is 2. The summed E-state index contributed by atoms with van der Waals surface area (Å²) in [6.45, 7) is 0. The molecule has 2 rings (SSSR count). The molecule has 0 saturated heterocycles. The van der Waals surface area contributed by atoms with Gasteiger partial charge < -0.3 is 5.73 Å². The van der Waals surface area contributed by atoms with E-state index >= 15 is 0 Å². The number of nitrogens with two attached hydrogens (primary N) is 1. The average Bonchev–Trinajstić information content (AvgIpc) is 2.40. The molecular weight excluding hydrogens is 345 g/mol. The molecule has 0 aliphatic carbocycles. The molecule has 0 radical (unpaired) electrons. The molecule has 6 heteroatoms. The summed E-state index contributed by atoms with van der Waals surface area (Å²) in [5.74, 6) is -0.440. The van der Waals surface area contributed by atoms with Gasteiger partial charge in [-0.3, -0.25) is 0 Å². The molecule has 0 fully saturated rings. The molecule has 1 atom stereocenters. The summed E-state index contributed by atoms with van der Waals surface area (Å²) in [5.41, 5.74) is 6.90. The highest BCUT2D eigenvalue weighted by molar-refractivity contribution is 9.10. The minimum Gasteiger partial charge on any atom is -0.320 e. The fourth-order valence-corrected chi connectivity index (χ4v) is 2.94. The first-order valence-electron chi connectivity index (χ1n) is 5.80. The Morgan fingerprint density at radius 2 is 1.85 bits per heavy atom. The number of sulfone groups is 1. The van der Waals surface area contributed by atoms with Gasteiger partial charge in [-0.05, 0) is 39.7 Å². The third kappa shape index (κ3) is 3.08. The van der Waals surface area contributed by atoms with Gasteiger partial charge in [0.15, 0.2) is 9.84 Å². The van der Waals surface area contributed by atoms with E-state index in [0.29, 0.717) is 15.6 Å². The zero-order chi connectivity index (χ0) is 14.9. The van der Waals surface area contributed by atoms with Gasteiger partial charge in [0, 0.05) is 11.8 Å². The quantitative estimate of drug-likeness (QED) is 0.918. The summed E-state index contributed by atoms with van der Waals surface area (Å²) in [5, 5.41) is 0. The van der Waals surface area contributed by atoms with Crippen LogP contribution in [-0.2, 0) is 9.84 Å². The topological polar surface area (TPSA) is 60.2 Å². The van der Waals surface area contributed by atoms with E-state index in [1.54, 1.807) is 30.3 Å². The summed E-state index contributed by atoms with van der Waals surface area (Å²) >= 11 is 3.11. The fourth-order valence-electron chi connectivity index (χ4n) is 1.88. The fraction of sp³-hybridized carbons (Fsp3) is 0.143. The van der Waals surface area contributed by atoms with E-state index in [1.165, 1.54) is 12.1 Å². The third-order valence-corrected chi connectivity index (χ3v) is 4.68. The van der Waals surface area contributed by atoms with Gasteiger partial charge >= 0.3 is 0 Å². The van der Waals surface area contributed by atoms with Crippen molar-refractivity contribution in [2.75, 3.05) is 6.26 Å². The molecule has 1 unspecified atom stereocenters. The Hall–Kier alpha value is -1.24. The maximum atomic E-state index is 14.0. The lowest BCUT2D eigenvalue weighted by molar-refractivity contribution is 0.593. The van der Waals surface area contributed by atoms with Crippen molar-refractivity contribution in [2.24, 2.45) is 5.73 Å². The molecule has 2 aromatic rings. The lowest BCUT2D eigenvalue weighted by Gasteiger charge is -2.15. The summed E-state index contributed by atoms with van der Waals surface area (Å²) in [7, 11) is -3.32. The Balaban J connectivity index is 2.49. The normalized spacial score (nSPS) is 13.2. The highest BCUT2D eigenvalue weighted by Crippen LogP contribution is 2.27. The largest absolute Gasteiger partial charge is 0.320 e. The van der Waals surface area contributed by atoms with Gasteiger partial charge in [0.2, 0.25) is 0 Å². The standard InChI is InChI=1S/C14H13BrFNO2S/c1-20(18,19)10-5-2-4-9(8-10)14(17)11-6-3-7-12(15)13(11)16/h2-8,14H,17H2,1H3. The van der Waals surface area contributed by atoms with Gasteiger partial charge in [-0.2, -0.15) is 0 Å². The lowest BCUT2D eigenvalue weighted by Crippen LogP contribution is -2.14. The zero-order valence-electron chi connectivity index (χ0n) is 10.7. The van der Waals surface area contributed by atoms with Crippen molar-refractivity contribution in [1.82, 2.24) is 0 Å². The molecule has 0 spiro atoms. The van der Waals surface area contributed by atoms with Gasteiger partial charge in [-0.25, -0.2) is 12.8 Å². The monoisotopic (exact) mass is 357 g/mol. The van der Waals surface area contributed by atoms with Crippen molar-refractivity contribution in [1.29, 1.82) is 0 Å². The average molecular weight is 358 g/mol. The summed E-state index contributed by atoms with van der Waals surface area (Å²) in [4.78, 5) is 0.167. The van der Waals surface area contributed by atoms with Crippen LogP contribution in [0.15, 0.2) is 51.8 Å². The zero-order valence-corrected chi connectivity index (χ0v) is 13.1. The van der Waals surface area contributed by atoms with E-state index in [4.69, 9.17) is 5.73 Å². The number of hydrogen-bond donors (Lipinski definition) is 1. The van der Waals surface area contributed by atoms with Crippen LogP contribution in [0.4, 0.5) is 4.39 Å². The van der Waals surface area contributed by atoms with Crippen LogP contribution < -0.4 is 5.73 Å². The Morgan fingerprint density at radius 3 is 2.50 bits per heavy atom. The molecule has 2 N–H and O–H groups in total. The molecule has 0 amide bonds. The van der Waals surface area contributed by atoms with Gasteiger partial charge in [0.25, 0.3) is 0 Å². The van der Waals surface area contributed by atoms with Crippen LogP contribution in [0.5, 0.6) is 0 Å².